The van der Waals surface area contributed by atoms with Crippen LogP contribution >= 0.6 is 0 Å². The minimum absolute atomic E-state index is 0.323. The summed E-state index contributed by atoms with van der Waals surface area (Å²) in [6, 6.07) is 8.26. The van der Waals surface area contributed by atoms with E-state index in [1.165, 1.54) is 11.1 Å². The third-order valence-electron chi connectivity index (χ3n) is 3.57. The van der Waals surface area contributed by atoms with Crippen LogP contribution in [0, 0.1) is 0 Å². The average molecular weight is 219 g/mol. The van der Waals surface area contributed by atoms with Gasteiger partial charge in [-0.25, -0.2) is 0 Å². The lowest BCUT2D eigenvalue weighted by atomic mass is 10.1. The molecule has 1 atom stereocenters. The van der Waals surface area contributed by atoms with Crippen molar-refractivity contribution in [3.8, 4) is 0 Å². The van der Waals surface area contributed by atoms with Gasteiger partial charge < -0.3 is 5.11 Å². The molecule has 1 unspecified atom stereocenters. The van der Waals surface area contributed by atoms with E-state index in [1.807, 2.05) is 24.1 Å². The third-order valence-corrected chi connectivity index (χ3v) is 3.57. The monoisotopic (exact) mass is 219 g/mol. The molecule has 0 heterocycles. The van der Waals surface area contributed by atoms with Gasteiger partial charge in [-0.2, -0.15) is 0 Å². The first-order chi connectivity index (χ1) is 7.59. The van der Waals surface area contributed by atoms with Gasteiger partial charge in [0.05, 0.1) is 0 Å². The first-order valence-corrected chi connectivity index (χ1v) is 5.61. The smallest absolute Gasteiger partial charge is 0.320 e. The van der Waals surface area contributed by atoms with Crippen LogP contribution in [0.25, 0.3) is 0 Å². The molecule has 0 spiro atoms. The van der Waals surface area contributed by atoms with Gasteiger partial charge in [0, 0.05) is 6.04 Å². The summed E-state index contributed by atoms with van der Waals surface area (Å²) in [5, 5.41) is 8.99. The molecular formula is C13H17NO2. The van der Waals surface area contributed by atoms with Crippen LogP contribution in [-0.2, 0) is 17.6 Å². The number of carboxylic acids is 1. The number of fused-ring (bicyclic) bond motifs is 1. The molecule has 0 aromatic heterocycles. The van der Waals surface area contributed by atoms with Crippen LogP contribution in [0.3, 0.4) is 0 Å². The van der Waals surface area contributed by atoms with Gasteiger partial charge in [-0.1, -0.05) is 24.3 Å². The van der Waals surface area contributed by atoms with Crippen molar-refractivity contribution in [2.75, 3.05) is 7.05 Å². The van der Waals surface area contributed by atoms with Gasteiger partial charge in [-0.3, -0.25) is 9.69 Å². The maximum atomic E-state index is 10.9. The molecule has 1 aromatic carbocycles. The Bertz CT molecular complexity index is 378. The van der Waals surface area contributed by atoms with Crippen LogP contribution in [0.5, 0.6) is 0 Å². The Kier molecular flexibility index (Phi) is 2.97. The molecule has 0 saturated heterocycles. The summed E-state index contributed by atoms with van der Waals surface area (Å²) in [7, 11) is 1.90. The average Bonchev–Trinajstić information content (AvgIpc) is 2.70. The zero-order valence-electron chi connectivity index (χ0n) is 9.68. The number of nitrogens with zero attached hydrogens (tertiary/aromatic N) is 1. The number of aliphatic carboxylic acids is 1. The number of carboxylic acid groups (broad SMARTS) is 1. The Hall–Kier alpha value is -1.35. The molecule has 1 aliphatic carbocycles. The molecule has 1 aromatic rings. The van der Waals surface area contributed by atoms with E-state index >= 15 is 0 Å². The van der Waals surface area contributed by atoms with Crippen molar-refractivity contribution in [1.29, 1.82) is 0 Å². The van der Waals surface area contributed by atoms with Crippen molar-refractivity contribution < 1.29 is 9.90 Å². The summed E-state index contributed by atoms with van der Waals surface area (Å²) in [6.45, 7) is 1.74. The lowest BCUT2D eigenvalue weighted by molar-refractivity contribution is -0.142. The molecule has 0 aliphatic heterocycles. The van der Waals surface area contributed by atoms with Gasteiger partial charge in [0.25, 0.3) is 0 Å². The second-order valence-corrected chi connectivity index (χ2v) is 4.51. The molecule has 1 N–H and O–H groups in total. The van der Waals surface area contributed by atoms with Gasteiger partial charge in [0.1, 0.15) is 6.04 Å². The predicted molar refractivity (Wildman–Crippen MR) is 62.5 cm³/mol. The second-order valence-electron chi connectivity index (χ2n) is 4.51. The number of likely N-dealkylation sites (N-methyl/N-ethyl adjacent to an activating group) is 1. The number of carbonyl (C=O) groups is 1. The Labute approximate surface area is 95.7 Å². The van der Waals surface area contributed by atoms with Crippen LogP contribution in [-0.4, -0.2) is 35.1 Å². The Morgan fingerprint density at radius 1 is 1.38 bits per heavy atom. The van der Waals surface area contributed by atoms with Crippen molar-refractivity contribution in [3.05, 3.63) is 35.4 Å². The highest BCUT2D eigenvalue weighted by molar-refractivity contribution is 5.72. The first kappa shape index (κ1) is 11.1. The Morgan fingerprint density at radius 2 is 1.88 bits per heavy atom. The van der Waals surface area contributed by atoms with Gasteiger partial charge in [-0.15, -0.1) is 0 Å². The summed E-state index contributed by atoms with van der Waals surface area (Å²) in [5.41, 5.74) is 2.72. The van der Waals surface area contributed by atoms with E-state index in [0.29, 0.717) is 6.04 Å². The number of benzene rings is 1. The molecule has 0 amide bonds. The Balaban J connectivity index is 2.09. The van der Waals surface area contributed by atoms with Gasteiger partial charge in [-0.05, 0) is 37.9 Å². The standard InChI is InChI=1S/C13H17NO2/c1-9(13(15)16)14(2)12-7-10-5-3-4-6-11(10)8-12/h3-6,9,12H,7-8H2,1-2H3,(H,15,16). The highest BCUT2D eigenvalue weighted by atomic mass is 16.4. The maximum absolute atomic E-state index is 10.9. The third kappa shape index (κ3) is 1.95. The number of rotatable bonds is 3. The summed E-state index contributed by atoms with van der Waals surface area (Å²) in [5.74, 6) is -0.751. The largest absolute Gasteiger partial charge is 0.480 e. The zero-order chi connectivity index (χ0) is 11.7. The quantitative estimate of drug-likeness (QED) is 0.838. The van der Waals surface area contributed by atoms with Gasteiger partial charge >= 0.3 is 5.97 Å². The van der Waals surface area contributed by atoms with Crippen LogP contribution in [0.4, 0.5) is 0 Å². The minimum Gasteiger partial charge on any atom is -0.480 e. The van der Waals surface area contributed by atoms with E-state index in [2.05, 4.69) is 12.1 Å². The summed E-state index contributed by atoms with van der Waals surface area (Å²) in [6.07, 6.45) is 1.93. The van der Waals surface area contributed by atoms with Crippen molar-refractivity contribution >= 4 is 5.97 Å². The van der Waals surface area contributed by atoms with E-state index in [-0.39, 0.29) is 0 Å². The van der Waals surface area contributed by atoms with Gasteiger partial charge in [0.15, 0.2) is 0 Å². The van der Waals surface area contributed by atoms with Crippen LogP contribution < -0.4 is 0 Å². The molecule has 3 heteroatoms. The molecule has 3 nitrogen and oxygen atoms in total. The van der Waals surface area contributed by atoms with Gasteiger partial charge in [0.2, 0.25) is 0 Å². The molecule has 2 rings (SSSR count). The second kappa shape index (κ2) is 4.26. The fourth-order valence-electron chi connectivity index (χ4n) is 2.31. The van der Waals surface area contributed by atoms with Crippen LogP contribution in [0.1, 0.15) is 18.1 Å². The minimum atomic E-state index is -0.751. The summed E-state index contributed by atoms with van der Waals surface area (Å²) >= 11 is 0. The molecular weight excluding hydrogens is 202 g/mol. The zero-order valence-corrected chi connectivity index (χ0v) is 9.68. The molecule has 0 radical (unpaired) electrons. The van der Waals surface area contributed by atoms with E-state index in [4.69, 9.17) is 5.11 Å². The highest BCUT2D eigenvalue weighted by Gasteiger charge is 2.29. The first-order valence-electron chi connectivity index (χ1n) is 5.61. The van der Waals surface area contributed by atoms with Crippen molar-refractivity contribution in [3.63, 3.8) is 0 Å². The fourth-order valence-corrected chi connectivity index (χ4v) is 2.31. The highest BCUT2D eigenvalue weighted by Crippen LogP contribution is 2.25. The molecule has 0 saturated carbocycles. The Morgan fingerprint density at radius 3 is 2.31 bits per heavy atom. The fraction of sp³-hybridized carbons (Fsp3) is 0.462. The lowest BCUT2D eigenvalue weighted by Gasteiger charge is -2.27. The number of hydrogen-bond donors (Lipinski definition) is 1. The van der Waals surface area contributed by atoms with E-state index in [1.54, 1.807) is 6.92 Å². The molecule has 0 fully saturated rings. The molecule has 1 aliphatic rings. The molecule has 16 heavy (non-hydrogen) atoms. The molecule has 86 valence electrons. The topological polar surface area (TPSA) is 40.5 Å². The van der Waals surface area contributed by atoms with Crippen molar-refractivity contribution in [2.24, 2.45) is 0 Å². The van der Waals surface area contributed by atoms with E-state index in [0.717, 1.165) is 12.8 Å². The van der Waals surface area contributed by atoms with Crippen molar-refractivity contribution in [1.82, 2.24) is 4.90 Å². The van der Waals surface area contributed by atoms with E-state index in [9.17, 15) is 4.79 Å². The predicted octanol–water partition coefficient (Wildman–Crippen LogP) is 1.56. The van der Waals surface area contributed by atoms with Crippen LogP contribution in [0.2, 0.25) is 0 Å². The number of hydrogen-bond acceptors (Lipinski definition) is 2. The lowest BCUT2D eigenvalue weighted by Crippen LogP contribution is -2.43. The maximum Gasteiger partial charge on any atom is 0.320 e. The summed E-state index contributed by atoms with van der Waals surface area (Å²) in [4.78, 5) is 12.9. The van der Waals surface area contributed by atoms with Crippen molar-refractivity contribution in [2.45, 2.75) is 31.8 Å². The molecule has 0 bridgehead atoms. The summed E-state index contributed by atoms with van der Waals surface area (Å²) < 4.78 is 0. The SMILES string of the molecule is CC(C(=O)O)N(C)C1Cc2ccccc2C1. The normalized spacial score (nSPS) is 17.4. The van der Waals surface area contributed by atoms with Crippen LogP contribution in [0.15, 0.2) is 24.3 Å². The van der Waals surface area contributed by atoms with E-state index < -0.39 is 12.0 Å².